The van der Waals surface area contributed by atoms with Crippen molar-refractivity contribution in [2.24, 2.45) is 0 Å². The van der Waals surface area contributed by atoms with Crippen molar-refractivity contribution in [3.8, 4) is 0 Å². The van der Waals surface area contributed by atoms with E-state index in [1.165, 1.54) is 6.92 Å². The Hall–Kier alpha value is -1.59. The van der Waals surface area contributed by atoms with Crippen molar-refractivity contribution in [2.45, 2.75) is 65.0 Å². The Labute approximate surface area is 113 Å². The van der Waals surface area contributed by atoms with Gasteiger partial charge in [0.05, 0.1) is 0 Å². The van der Waals surface area contributed by atoms with E-state index in [9.17, 15) is 14.4 Å². The molecule has 6 heteroatoms. The largest absolute Gasteiger partial charge is 0.480 e. The SMILES string of the molecule is CC(=O)CCCCC(NC(=O)OC(C)(C)C)C(=O)O. The van der Waals surface area contributed by atoms with Crippen LogP contribution < -0.4 is 5.32 Å². The number of rotatable bonds is 7. The number of hydrogen-bond acceptors (Lipinski definition) is 4. The van der Waals surface area contributed by atoms with E-state index in [2.05, 4.69) is 5.32 Å². The summed E-state index contributed by atoms with van der Waals surface area (Å²) in [5.41, 5.74) is -0.665. The molecular weight excluding hydrogens is 250 g/mol. The summed E-state index contributed by atoms with van der Waals surface area (Å²) in [6.07, 6.45) is 1.15. The van der Waals surface area contributed by atoms with Crippen LogP contribution in [0.5, 0.6) is 0 Å². The van der Waals surface area contributed by atoms with Gasteiger partial charge in [-0.05, 0) is 40.5 Å². The van der Waals surface area contributed by atoms with Crippen molar-refractivity contribution in [3.05, 3.63) is 0 Å². The molecule has 0 aromatic rings. The fraction of sp³-hybridized carbons (Fsp3) is 0.769. The molecule has 6 nitrogen and oxygen atoms in total. The summed E-state index contributed by atoms with van der Waals surface area (Å²) in [5.74, 6) is -1.03. The smallest absolute Gasteiger partial charge is 0.408 e. The van der Waals surface area contributed by atoms with E-state index < -0.39 is 23.7 Å². The number of ketones is 1. The number of amides is 1. The maximum Gasteiger partial charge on any atom is 0.408 e. The second kappa shape index (κ2) is 7.76. The monoisotopic (exact) mass is 273 g/mol. The number of ether oxygens (including phenoxy) is 1. The first kappa shape index (κ1) is 17.4. The zero-order valence-corrected chi connectivity index (χ0v) is 12.0. The Balaban J connectivity index is 4.16. The standard InChI is InChI=1S/C13H23NO5/c1-9(15)7-5-6-8-10(11(16)17)14-12(18)19-13(2,3)4/h10H,5-8H2,1-4H3,(H,14,18)(H,16,17). The molecule has 19 heavy (non-hydrogen) atoms. The number of alkyl carbamates (subject to hydrolysis) is 1. The number of hydrogen-bond donors (Lipinski definition) is 2. The summed E-state index contributed by atoms with van der Waals surface area (Å²) >= 11 is 0. The molecule has 0 fully saturated rings. The maximum absolute atomic E-state index is 11.5. The molecule has 0 aromatic carbocycles. The minimum Gasteiger partial charge on any atom is -0.480 e. The highest BCUT2D eigenvalue weighted by molar-refractivity contribution is 5.80. The molecule has 1 unspecified atom stereocenters. The lowest BCUT2D eigenvalue weighted by Crippen LogP contribution is -2.43. The number of carboxylic acids is 1. The third kappa shape index (κ3) is 10.1. The lowest BCUT2D eigenvalue weighted by Gasteiger charge is -2.21. The third-order valence-electron chi connectivity index (χ3n) is 2.26. The van der Waals surface area contributed by atoms with Crippen molar-refractivity contribution in [3.63, 3.8) is 0 Å². The minimum atomic E-state index is -1.10. The van der Waals surface area contributed by atoms with Gasteiger partial charge >= 0.3 is 12.1 Å². The average molecular weight is 273 g/mol. The molecule has 0 rings (SSSR count). The van der Waals surface area contributed by atoms with E-state index in [0.717, 1.165) is 0 Å². The Kier molecular flexibility index (Phi) is 7.11. The highest BCUT2D eigenvalue weighted by Gasteiger charge is 2.23. The van der Waals surface area contributed by atoms with Gasteiger partial charge in [0, 0.05) is 6.42 Å². The Morgan fingerprint density at radius 3 is 2.21 bits per heavy atom. The summed E-state index contributed by atoms with van der Waals surface area (Å²) in [4.78, 5) is 33.2. The maximum atomic E-state index is 11.5. The van der Waals surface area contributed by atoms with Crippen LogP contribution in [0.4, 0.5) is 4.79 Å². The molecule has 0 spiro atoms. The third-order valence-corrected chi connectivity index (χ3v) is 2.26. The van der Waals surface area contributed by atoms with E-state index in [1.54, 1.807) is 20.8 Å². The highest BCUT2D eigenvalue weighted by atomic mass is 16.6. The van der Waals surface area contributed by atoms with Crippen LogP contribution >= 0.6 is 0 Å². The van der Waals surface area contributed by atoms with Gasteiger partial charge in [0.25, 0.3) is 0 Å². The topological polar surface area (TPSA) is 92.7 Å². The van der Waals surface area contributed by atoms with Crippen LogP contribution in [-0.4, -0.2) is 34.6 Å². The van der Waals surface area contributed by atoms with Crippen LogP contribution in [0.2, 0.25) is 0 Å². The van der Waals surface area contributed by atoms with E-state index in [-0.39, 0.29) is 12.2 Å². The first-order chi connectivity index (χ1) is 8.61. The normalized spacial score (nSPS) is 12.6. The van der Waals surface area contributed by atoms with Gasteiger partial charge in [-0.1, -0.05) is 6.42 Å². The summed E-state index contributed by atoms with van der Waals surface area (Å²) < 4.78 is 5.00. The predicted molar refractivity (Wildman–Crippen MR) is 69.9 cm³/mol. The molecule has 2 N–H and O–H groups in total. The fourth-order valence-corrected chi connectivity index (χ4v) is 1.43. The predicted octanol–water partition coefficient (Wildman–Crippen LogP) is 2.11. The molecule has 0 saturated heterocycles. The lowest BCUT2D eigenvalue weighted by molar-refractivity contribution is -0.139. The van der Waals surface area contributed by atoms with Crippen LogP contribution in [0.25, 0.3) is 0 Å². The van der Waals surface area contributed by atoms with Crippen molar-refractivity contribution < 1.29 is 24.2 Å². The number of carbonyl (C=O) groups excluding carboxylic acids is 2. The number of nitrogens with one attached hydrogen (secondary N) is 1. The molecule has 0 aromatic heterocycles. The molecule has 0 heterocycles. The Bertz CT molecular complexity index is 332. The van der Waals surface area contributed by atoms with Crippen LogP contribution in [0.3, 0.4) is 0 Å². The molecule has 0 saturated carbocycles. The van der Waals surface area contributed by atoms with Gasteiger partial charge in [0.2, 0.25) is 0 Å². The Morgan fingerprint density at radius 2 is 1.79 bits per heavy atom. The lowest BCUT2D eigenvalue weighted by atomic mass is 10.1. The number of Topliss-reactive ketones (excluding diaryl/α,β-unsaturated/α-hetero) is 1. The number of aliphatic carboxylic acids is 1. The molecule has 110 valence electrons. The summed E-state index contributed by atoms with van der Waals surface area (Å²) in [7, 11) is 0. The molecule has 0 aliphatic rings. The first-order valence-electron chi connectivity index (χ1n) is 6.33. The molecule has 1 amide bonds. The van der Waals surface area contributed by atoms with Gasteiger partial charge < -0.3 is 20.0 Å². The van der Waals surface area contributed by atoms with E-state index in [4.69, 9.17) is 9.84 Å². The summed E-state index contributed by atoms with van der Waals surface area (Å²) in [5, 5.41) is 11.3. The van der Waals surface area contributed by atoms with Gasteiger partial charge in [-0.2, -0.15) is 0 Å². The van der Waals surface area contributed by atoms with E-state index in [0.29, 0.717) is 19.3 Å². The quantitative estimate of drug-likeness (QED) is 0.693. The number of unbranched alkanes of at least 4 members (excludes halogenated alkanes) is 1. The molecule has 1 atom stereocenters. The first-order valence-corrected chi connectivity index (χ1v) is 6.33. The van der Waals surface area contributed by atoms with Crippen LogP contribution in [0.1, 0.15) is 53.4 Å². The molecule has 0 aliphatic carbocycles. The van der Waals surface area contributed by atoms with Crippen LogP contribution in [-0.2, 0) is 14.3 Å². The fourth-order valence-electron chi connectivity index (χ4n) is 1.43. The minimum absolute atomic E-state index is 0.0759. The van der Waals surface area contributed by atoms with E-state index >= 15 is 0 Å². The second-order valence-corrected chi connectivity index (χ2v) is 5.48. The van der Waals surface area contributed by atoms with Crippen molar-refractivity contribution >= 4 is 17.8 Å². The Morgan fingerprint density at radius 1 is 1.21 bits per heavy atom. The molecular formula is C13H23NO5. The highest BCUT2D eigenvalue weighted by Crippen LogP contribution is 2.09. The van der Waals surface area contributed by atoms with Gasteiger partial charge in [0.15, 0.2) is 0 Å². The molecule has 0 radical (unpaired) electrons. The average Bonchev–Trinajstić information content (AvgIpc) is 2.19. The van der Waals surface area contributed by atoms with Crippen LogP contribution in [0.15, 0.2) is 0 Å². The molecule has 0 bridgehead atoms. The van der Waals surface area contributed by atoms with E-state index in [1.807, 2.05) is 0 Å². The number of carbonyl (C=O) groups is 3. The van der Waals surface area contributed by atoms with Gasteiger partial charge in [-0.15, -0.1) is 0 Å². The number of carboxylic acid groups (broad SMARTS) is 1. The summed E-state index contributed by atoms with van der Waals surface area (Å²) in [6.45, 7) is 6.60. The molecule has 0 aliphatic heterocycles. The van der Waals surface area contributed by atoms with Gasteiger partial charge in [-0.25, -0.2) is 9.59 Å². The zero-order chi connectivity index (χ0) is 15.1. The van der Waals surface area contributed by atoms with Crippen LogP contribution in [0, 0.1) is 0 Å². The zero-order valence-electron chi connectivity index (χ0n) is 12.0. The second-order valence-electron chi connectivity index (χ2n) is 5.48. The van der Waals surface area contributed by atoms with Crippen molar-refractivity contribution in [2.75, 3.05) is 0 Å². The summed E-state index contributed by atoms with van der Waals surface area (Å²) in [6, 6.07) is -0.984. The van der Waals surface area contributed by atoms with Crippen molar-refractivity contribution in [1.29, 1.82) is 0 Å². The van der Waals surface area contributed by atoms with Gasteiger partial charge in [-0.3, -0.25) is 0 Å². The van der Waals surface area contributed by atoms with Gasteiger partial charge in [0.1, 0.15) is 17.4 Å². The van der Waals surface area contributed by atoms with Crippen molar-refractivity contribution in [1.82, 2.24) is 5.32 Å².